The van der Waals surface area contributed by atoms with E-state index in [4.69, 9.17) is 34.8 Å². The fraction of sp³-hybridized carbons (Fsp3) is 0. The minimum Gasteiger partial charge on any atom is -0.425 e. The largest absolute Gasteiger partial charge is 0.425 e. The summed E-state index contributed by atoms with van der Waals surface area (Å²) in [6.45, 7) is 0. The molecule has 84 valence electrons. The van der Waals surface area contributed by atoms with Crippen LogP contribution in [0.4, 0.5) is 0 Å². The molecule has 0 aliphatic carbocycles. The van der Waals surface area contributed by atoms with Crippen LogP contribution in [0.25, 0.3) is 11.0 Å². The SMILES string of the molecule is O=c1[nH]c2cc(Cl)c(Cl)c(Cl)c2n(O)c1=O. The van der Waals surface area contributed by atoms with Gasteiger partial charge >= 0.3 is 11.1 Å². The third-order valence-electron chi connectivity index (χ3n) is 1.98. The Bertz CT molecular complexity index is 704. The molecule has 0 aliphatic heterocycles. The lowest BCUT2D eigenvalue weighted by atomic mass is 10.3. The molecule has 1 aromatic carbocycles. The van der Waals surface area contributed by atoms with Crippen LogP contribution in [0.1, 0.15) is 0 Å². The highest BCUT2D eigenvalue weighted by molar-refractivity contribution is 6.50. The predicted molar refractivity (Wildman–Crippen MR) is 61.0 cm³/mol. The highest BCUT2D eigenvalue weighted by atomic mass is 35.5. The van der Waals surface area contributed by atoms with E-state index in [1.54, 1.807) is 0 Å². The normalized spacial score (nSPS) is 10.9. The third-order valence-corrected chi connectivity index (χ3v) is 3.24. The van der Waals surface area contributed by atoms with E-state index in [2.05, 4.69) is 4.98 Å². The summed E-state index contributed by atoms with van der Waals surface area (Å²) in [7, 11) is 0. The summed E-state index contributed by atoms with van der Waals surface area (Å²) >= 11 is 17.3. The molecule has 0 bridgehead atoms. The zero-order valence-corrected chi connectivity index (χ0v) is 9.69. The molecule has 0 saturated carbocycles. The zero-order chi connectivity index (χ0) is 12.0. The molecule has 0 aliphatic rings. The Hall–Kier alpha value is -1.17. The molecular formula is C8H3Cl3N2O3. The number of rotatable bonds is 0. The van der Waals surface area contributed by atoms with Crippen LogP contribution >= 0.6 is 34.8 Å². The number of hydrogen-bond acceptors (Lipinski definition) is 3. The number of nitrogens with zero attached hydrogens (tertiary/aromatic N) is 1. The van der Waals surface area contributed by atoms with E-state index in [9.17, 15) is 14.8 Å². The van der Waals surface area contributed by atoms with Crippen LogP contribution in [-0.4, -0.2) is 14.9 Å². The van der Waals surface area contributed by atoms with Crippen LogP contribution in [0.5, 0.6) is 0 Å². The number of aromatic nitrogens is 2. The van der Waals surface area contributed by atoms with Gasteiger partial charge in [0.05, 0.1) is 20.6 Å². The van der Waals surface area contributed by atoms with Crippen molar-refractivity contribution in [1.82, 2.24) is 9.71 Å². The van der Waals surface area contributed by atoms with Crippen molar-refractivity contribution < 1.29 is 5.21 Å². The third kappa shape index (κ3) is 1.48. The topological polar surface area (TPSA) is 75.1 Å². The molecule has 0 radical (unpaired) electrons. The summed E-state index contributed by atoms with van der Waals surface area (Å²) in [6.07, 6.45) is 0. The van der Waals surface area contributed by atoms with Crippen LogP contribution in [0.3, 0.4) is 0 Å². The van der Waals surface area contributed by atoms with Crippen molar-refractivity contribution >= 4 is 45.8 Å². The fourth-order valence-corrected chi connectivity index (χ4v) is 1.94. The van der Waals surface area contributed by atoms with Gasteiger partial charge in [0, 0.05) is 0 Å². The standard InChI is InChI=1S/C8H3Cl3N2O3/c9-2-1-3-6(5(11)4(2)10)13(16)8(15)7(14)12-3/h1,16H,(H,12,14). The Morgan fingerprint density at radius 1 is 1.19 bits per heavy atom. The van der Waals surface area contributed by atoms with Crippen molar-refractivity contribution in [3.63, 3.8) is 0 Å². The average Bonchev–Trinajstić information content (AvgIpc) is 2.23. The molecule has 0 fully saturated rings. The summed E-state index contributed by atoms with van der Waals surface area (Å²) in [5, 5.41) is 9.42. The van der Waals surface area contributed by atoms with E-state index in [1.165, 1.54) is 6.07 Å². The summed E-state index contributed by atoms with van der Waals surface area (Å²) in [5.74, 6) is 0. The molecule has 8 heteroatoms. The molecule has 1 aromatic heterocycles. The Labute approximate surface area is 103 Å². The van der Waals surface area contributed by atoms with Crippen LogP contribution in [0, 0.1) is 0 Å². The maximum atomic E-state index is 11.2. The number of H-pyrrole nitrogens is 1. The van der Waals surface area contributed by atoms with Gasteiger partial charge in [-0.25, -0.2) is 0 Å². The monoisotopic (exact) mass is 280 g/mol. The first-order valence-corrected chi connectivity index (χ1v) is 5.08. The lowest BCUT2D eigenvalue weighted by Gasteiger charge is -2.06. The van der Waals surface area contributed by atoms with Crippen LogP contribution in [-0.2, 0) is 0 Å². The van der Waals surface area contributed by atoms with Gasteiger partial charge in [0.2, 0.25) is 0 Å². The zero-order valence-electron chi connectivity index (χ0n) is 7.42. The van der Waals surface area contributed by atoms with E-state index < -0.39 is 11.1 Å². The number of fused-ring (bicyclic) bond motifs is 1. The van der Waals surface area contributed by atoms with Crippen molar-refractivity contribution in [2.24, 2.45) is 0 Å². The molecule has 0 amide bonds. The predicted octanol–water partition coefficient (Wildman–Crippen LogP) is 1.89. The van der Waals surface area contributed by atoms with Crippen molar-refractivity contribution in [3.05, 3.63) is 41.8 Å². The molecule has 16 heavy (non-hydrogen) atoms. The molecular weight excluding hydrogens is 278 g/mol. The van der Waals surface area contributed by atoms with Gasteiger partial charge < -0.3 is 10.2 Å². The van der Waals surface area contributed by atoms with E-state index in [0.717, 1.165) is 0 Å². The second kappa shape index (κ2) is 3.69. The number of benzene rings is 1. The van der Waals surface area contributed by atoms with Crippen LogP contribution in [0.2, 0.25) is 15.1 Å². The number of nitrogens with one attached hydrogen (secondary N) is 1. The maximum Gasteiger partial charge on any atom is 0.349 e. The average molecular weight is 281 g/mol. The van der Waals surface area contributed by atoms with Gasteiger partial charge in [0.15, 0.2) is 0 Å². The van der Waals surface area contributed by atoms with Crippen LogP contribution in [0.15, 0.2) is 15.7 Å². The molecule has 0 atom stereocenters. The molecule has 1 heterocycles. The van der Waals surface area contributed by atoms with E-state index >= 15 is 0 Å². The van der Waals surface area contributed by atoms with E-state index in [-0.39, 0.29) is 30.8 Å². The second-order valence-electron chi connectivity index (χ2n) is 2.95. The Morgan fingerprint density at radius 2 is 1.81 bits per heavy atom. The van der Waals surface area contributed by atoms with Crippen molar-refractivity contribution in [2.75, 3.05) is 0 Å². The molecule has 0 unspecified atom stereocenters. The van der Waals surface area contributed by atoms with Gasteiger partial charge in [-0.1, -0.05) is 34.8 Å². The van der Waals surface area contributed by atoms with Gasteiger partial charge in [-0.3, -0.25) is 9.59 Å². The number of hydrogen-bond donors (Lipinski definition) is 2. The summed E-state index contributed by atoms with van der Waals surface area (Å²) in [6, 6.07) is 1.29. The van der Waals surface area contributed by atoms with E-state index in [0.29, 0.717) is 0 Å². The molecule has 2 aromatic rings. The quantitative estimate of drug-likeness (QED) is 0.440. The number of halogens is 3. The maximum absolute atomic E-state index is 11.2. The minimum atomic E-state index is -1.15. The fourth-order valence-electron chi connectivity index (χ4n) is 1.26. The molecule has 5 nitrogen and oxygen atoms in total. The lowest BCUT2D eigenvalue weighted by Crippen LogP contribution is -2.35. The molecule has 0 saturated heterocycles. The van der Waals surface area contributed by atoms with Crippen molar-refractivity contribution in [2.45, 2.75) is 0 Å². The first-order valence-electron chi connectivity index (χ1n) is 3.95. The Balaban J connectivity index is 3.16. The minimum absolute atomic E-state index is 0.00918. The lowest BCUT2D eigenvalue weighted by molar-refractivity contribution is 0.187. The van der Waals surface area contributed by atoms with Crippen molar-refractivity contribution in [1.29, 1.82) is 0 Å². The molecule has 0 spiro atoms. The van der Waals surface area contributed by atoms with Crippen molar-refractivity contribution in [3.8, 4) is 0 Å². The van der Waals surface area contributed by atoms with Gasteiger partial charge in [-0.2, -0.15) is 0 Å². The Kier molecular flexibility index (Phi) is 2.61. The van der Waals surface area contributed by atoms with Crippen LogP contribution < -0.4 is 11.1 Å². The molecule has 2 N–H and O–H groups in total. The first kappa shape index (κ1) is 11.3. The summed E-state index contributed by atoms with van der Waals surface area (Å²) in [5.41, 5.74) is -2.11. The highest BCUT2D eigenvalue weighted by Gasteiger charge is 2.15. The second-order valence-corrected chi connectivity index (χ2v) is 4.12. The van der Waals surface area contributed by atoms with Gasteiger partial charge in [-0.05, 0) is 6.07 Å². The summed E-state index contributed by atoms with van der Waals surface area (Å²) in [4.78, 5) is 24.5. The molecule has 2 rings (SSSR count). The van der Waals surface area contributed by atoms with Gasteiger partial charge in [0.25, 0.3) is 0 Å². The number of aromatic amines is 1. The highest BCUT2D eigenvalue weighted by Crippen LogP contribution is 2.34. The van der Waals surface area contributed by atoms with E-state index in [1.807, 2.05) is 0 Å². The first-order chi connectivity index (χ1) is 7.43. The Morgan fingerprint density at radius 3 is 2.44 bits per heavy atom. The van der Waals surface area contributed by atoms with Gasteiger partial charge in [0.1, 0.15) is 5.52 Å². The smallest absolute Gasteiger partial charge is 0.349 e. The van der Waals surface area contributed by atoms with Gasteiger partial charge in [-0.15, -0.1) is 4.73 Å². The summed E-state index contributed by atoms with van der Waals surface area (Å²) < 4.78 is 0.138.